The van der Waals surface area contributed by atoms with E-state index in [1.54, 1.807) is 0 Å². The summed E-state index contributed by atoms with van der Waals surface area (Å²) in [7, 11) is 2.92. The van der Waals surface area contributed by atoms with Crippen molar-refractivity contribution in [2.75, 3.05) is 0 Å². The molecule has 3 aromatic heterocycles. The summed E-state index contributed by atoms with van der Waals surface area (Å²) in [4.78, 5) is 41.2. The second kappa shape index (κ2) is 6.49. The van der Waals surface area contributed by atoms with Gasteiger partial charge in [-0.2, -0.15) is 0 Å². The predicted octanol–water partition coefficient (Wildman–Crippen LogP) is 1.87. The maximum Gasteiger partial charge on any atom is 0.332 e. The van der Waals surface area contributed by atoms with E-state index in [1.165, 1.54) is 30.9 Å². The van der Waals surface area contributed by atoms with Crippen LogP contribution in [0.2, 0.25) is 0 Å². The molecule has 0 spiro atoms. The molecule has 1 N–H and O–H groups in total. The molecular weight excluding hydrogens is 360 g/mol. The quantitative estimate of drug-likeness (QED) is 0.587. The fourth-order valence-electron chi connectivity index (χ4n) is 3.16. The van der Waals surface area contributed by atoms with Crippen LogP contribution in [0.25, 0.3) is 22.0 Å². The normalized spacial score (nSPS) is 12.4. The highest BCUT2D eigenvalue weighted by atomic mass is 16.3. The second-order valence-corrected chi connectivity index (χ2v) is 6.68. The average Bonchev–Trinajstić information content (AvgIpc) is 3.14. The fourth-order valence-corrected chi connectivity index (χ4v) is 3.16. The molecule has 0 aliphatic rings. The monoisotopic (exact) mass is 378 g/mol. The van der Waals surface area contributed by atoms with Crippen LogP contribution >= 0.6 is 0 Å². The van der Waals surface area contributed by atoms with Gasteiger partial charge in [0, 0.05) is 25.7 Å². The summed E-state index contributed by atoms with van der Waals surface area (Å²) in [6.07, 6.45) is 1.35. The van der Waals surface area contributed by atoms with E-state index in [0.717, 1.165) is 15.5 Å². The van der Waals surface area contributed by atoms with Gasteiger partial charge < -0.3 is 9.73 Å². The molecular formula is C20H18N4O4. The number of carbonyl (C=O) groups excluding carboxylic acids is 1. The van der Waals surface area contributed by atoms with Crippen LogP contribution in [0, 0.1) is 0 Å². The summed E-state index contributed by atoms with van der Waals surface area (Å²) in [5.74, 6) is 0.236. The number of amides is 1. The molecule has 1 unspecified atom stereocenters. The third kappa shape index (κ3) is 2.79. The minimum atomic E-state index is -0.495. The molecule has 0 bridgehead atoms. The largest absolute Gasteiger partial charge is 0.459 e. The van der Waals surface area contributed by atoms with Crippen LogP contribution in [0.3, 0.4) is 0 Å². The minimum absolute atomic E-state index is 0.202. The molecule has 0 aliphatic heterocycles. The zero-order valence-corrected chi connectivity index (χ0v) is 15.6. The molecule has 8 heteroatoms. The van der Waals surface area contributed by atoms with Gasteiger partial charge in [-0.1, -0.05) is 18.2 Å². The number of hydrogen-bond donors (Lipinski definition) is 1. The van der Waals surface area contributed by atoms with E-state index in [1.807, 2.05) is 37.3 Å². The number of pyridine rings is 1. The van der Waals surface area contributed by atoms with E-state index >= 15 is 0 Å². The zero-order chi connectivity index (χ0) is 20.0. The molecule has 0 aliphatic carbocycles. The molecule has 8 nitrogen and oxygen atoms in total. The second-order valence-electron chi connectivity index (χ2n) is 6.68. The molecule has 0 saturated heterocycles. The van der Waals surface area contributed by atoms with Gasteiger partial charge in [0.05, 0.1) is 17.0 Å². The number of aromatic nitrogens is 3. The number of aryl methyl sites for hydroxylation is 1. The van der Waals surface area contributed by atoms with Crippen LogP contribution in [-0.2, 0) is 14.1 Å². The van der Waals surface area contributed by atoms with E-state index in [9.17, 15) is 14.4 Å². The lowest BCUT2D eigenvalue weighted by Crippen LogP contribution is -2.37. The Kier molecular flexibility index (Phi) is 4.11. The van der Waals surface area contributed by atoms with Crippen molar-refractivity contribution in [2.45, 2.75) is 13.0 Å². The number of hydrogen-bond acceptors (Lipinski definition) is 5. The summed E-state index contributed by atoms with van der Waals surface area (Å²) < 4.78 is 8.04. The summed E-state index contributed by atoms with van der Waals surface area (Å²) in [5, 5.41) is 4.00. The van der Waals surface area contributed by atoms with Crippen LogP contribution < -0.4 is 16.6 Å². The van der Waals surface area contributed by atoms with Crippen molar-refractivity contribution in [3.63, 3.8) is 0 Å². The Bertz CT molecular complexity index is 1310. The summed E-state index contributed by atoms with van der Waals surface area (Å²) in [6, 6.07) is 10.5. The van der Waals surface area contributed by atoms with E-state index in [4.69, 9.17) is 4.42 Å². The Labute approximate surface area is 159 Å². The first-order valence-electron chi connectivity index (χ1n) is 8.72. The maximum atomic E-state index is 12.7. The van der Waals surface area contributed by atoms with Crippen LogP contribution in [0.1, 0.15) is 29.1 Å². The van der Waals surface area contributed by atoms with Gasteiger partial charge >= 0.3 is 5.69 Å². The molecule has 142 valence electrons. The topological polar surface area (TPSA) is 99.1 Å². The fraction of sp³-hybridized carbons (Fsp3) is 0.200. The van der Waals surface area contributed by atoms with Gasteiger partial charge in [0.15, 0.2) is 0 Å². The first-order chi connectivity index (χ1) is 13.4. The van der Waals surface area contributed by atoms with Gasteiger partial charge in [-0.05, 0) is 25.1 Å². The van der Waals surface area contributed by atoms with Gasteiger partial charge in [0.25, 0.3) is 11.5 Å². The van der Waals surface area contributed by atoms with E-state index < -0.39 is 17.2 Å². The lowest BCUT2D eigenvalue weighted by Gasteiger charge is -2.12. The highest BCUT2D eigenvalue weighted by molar-refractivity contribution is 5.97. The first-order valence-corrected chi connectivity index (χ1v) is 8.72. The molecule has 0 saturated carbocycles. The molecule has 0 fully saturated rings. The van der Waals surface area contributed by atoms with Crippen molar-refractivity contribution >= 4 is 27.9 Å². The van der Waals surface area contributed by atoms with Crippen molar-refractivity contribution in [2.24, 2.45) is 14.1 Å². The molecule has 1 aromatic carbocycles. The Morgan fingerprint density at radius 3 is 2.64 bits per heavy atom. The molecule has 3 heterocycles. The zero-order valence-electron chi connectivity index (χ0n) is 15.6. The van der Waals surface area contributed by atoms with Crippen molar-refractivity contribution in [1.29, 1.82) is 0 Å². The van der Waals surface area contributed by atoms with Crippen LogP contribution in [0.4, 0.5) is 0 Å². The van der Waals surface area contributed by atoms with E-state index in [0.29, 0.717) is 5.76 Å². The average molecular weight is 378 g/mol. The number of fused-ring (bicyclic) bond motifs is 2. The smallest absolute Gasteiger partial charge is 0.332 e. The van der Waals surface area contributed by atoms with Crippen LogP contribution in [-0.4, -0.2) is 20.0 Å². The minimum Gasteiger partial charge on any atom is -0.459 e. The van der Waals surface area contributed by atoms with Gasteiger partial charge in [-0.25, -0.2) is 9.78 Å². The van der Waals surface area contributed by atoms with Crippen molar-refractivity contribution in [1.82, 2.24) is 19.4 Å². The van der Waals surface area contributed by atoms with Gasteiger partial charge in [-0.3, -0.25) is 18.7 Å². The van der Waals surface area contributed by atoms with Crippen LogP contribution in [0.5, 0.6) is 0 Å². The van der Waals surface area contributed by atoms with Crippen molar-refractivity contribution in [3.8, 4) is 0 Å². The Morgan fingerprint density at radius 1 is 1.14 bits per heavy atom. The van der Waals surface area contributed by atoms with Crippen LogP contribution in [0.15, 0.2) is 56.6 Å². The van der Waals surface area contributed by atoms with Crippen molar-refractivity contribution in [3.05, 3.63) is 74.8 Å². The van der Waals surface area contributed by atoms with Gasteiger partial charge in [-0.15, -0.1) is 0 Å². The number of nitrogens with one attached hydrogen (secondary N) is 1. The lowest BCUT2D eigenvalue weighted by molar-refractivity contribution is 0.0935. The highest BCUT2D eigenvalue weighted by Crippen LogP contribution is 2.23. The number of benzene rings is 1. The summed E-state index contributed by atoms with van der Waals surface area (Å²) in [6.45, 7) is 1.81. The Balaban J connectivity index is 1.67. The summed E-state index contributed by atoms with van der Waals surface area (Å²) in [5.41, 5.74) is 0.239. The van der Waals surface area contributed by atoms with Crippen molar-refractivity contribution < 1.29 is 9.21 Å². The molecule has 1 amide bonds. The van der Waals surface area contributed by atoms with E-state index in [2.05, 4.69) is 10.3 Å². The molecule has 28 heavy (non-hydrogen) atoms. The van der Waals surface area contributed by atoms with Gasteiger partial charge in [0.2, 0.25) is 0 Å². The number of para-hydroxylation sites is 1. The van der Waals surface area contributed by atoms with E-state index in [-0.39, 0.29) is 22.6 Å². The predicted molar refractivity (Wildman–Crippen MR) is 104 cm³/mol. The first kappa shape index (κ1) is 17.7. The number of carbonyl (C=O) groups is 1. The molecule has 4 rings (SSSR count). The standard InChI is InChI=1S/C20H18N4O4/c1-11(16-9-12-6-4-5-7-15(12)28-16)22-18(25)13-8-14-17(21-10-13)23(2)20(27)24(3)19(14)26/h4-11H,1-3H3,(H,22,25). The Hall–Kier alpha value is -3.68. The van der Waals surface area contributed by atoms with Gasteiger partial charge in [0.1, 0.15) is 17.0 Å². The highest BCUT2D eigenvalue weighted by Gasteiger charge is 2.17. The summed E-state index contributed by atoms with van der Waals surface area (Å²) >= 11 is 0. The number of nitrogens with zero attached hydrogens (tertiary/aromatic N) is 3. The number of rotatable bonds is 3. The number of furan rings is 1. The SMILES string of the molecule is CC(NC(=O)c1cnc2c(c1)c(=O)n(C)c(=O)n2C)c1cc2ccccc2o1. The molecule has 1 atom stereocenters. The third-order valence-corrected chi connectivity index (χ3v) is 4.77. The molecule has 0 radical (unpaired) electrons. The maximum absolute atomic E-state index is 12.7. The third-order valence-electron chi connectivity index (χ3n) is 4.77. The molecule has 4 aromatic rings. The lowest BCUT2D eigenvalue weighted by atomic mass is 10.2. The Morgan fingerprint density at radius 2 is 1.89 bits per heavy atom.